The number of carbonyl (C=O) groups is 3. The minimum Gasteiger partial charge on any atom is -0.496 e. The standard InChI is InChI=1S/C30H25BrN2O4/c1-16-8-11-21(17(2)14-16)33-29(35)25-23-12-9-18-6-4-5-7-22(18)32(23)27(26(25)30(33)36)28(34)19-10-13-24(37-3)20(31)15-19/h4-15,23,25-27H,1-3H3/t23-,25+,26-,27+/m1/s1. The fraction of sp³-hybridized carbons (Fsp3) is 0.233. The van der Waals surface area contributed by atoms with Crippen molar-refractivity contribution in [1.29, 1.82) is 0 Å². The van der Waals surface area contributed by atoms with Crippen LogP contribution in [0.5, 0.6) is 5.75 Å². The van der Waals surface area contributed by atoms with Gasteiger partial charge in [-0.25, -0.2) is 4.90 Å². The van der Waals surface area contributed by atoms with Crippen molar-refractivity contribution in [2.45, 2.75) is 25.9 Å². The number of anilines is 2. The van der Waals surface area contributed by atoms with Gasteiger partial charge in [-0.05, 0) is 71.2 Å². The molecule has 3 aliphatic heterocycles. The zero-order chi connectivity index (χ0) is 26.0. The van der Waals surface area contributed by atoms with Gasteiger partial charge in [-0.2, -0.15) is 0 Å². The third kappa shape index (κ3) is 3.48. The second-order valence-electron chi connectivity index (χ2n) is 9.83. The molecule has 0 radical (unpaired) electrons. The van der Waals surface area contributed by atoms with Gasteiger partial charge >= 0.3 is 0 Å². The van der Waals surface area contributed by atoms with Crippen LogP contribution in [0.25, 0.3) is 6.08 Å². The molecule has 0 aromatic heterocycles. The molecule has 0 aliphatic carbocycles. The van der Waals surface area contributed by atoms with Crippen LogP contribution < -0.4 is 14.5 Å². The highest BCUT2D eigenvalue weighted by Crippen LogP contribution is 2.50. The maximum Gasteiger partial charge on any atom is 0.240 e. The molecule has 37 heavy (non-hydrogen) atoms. The Labute approximate surface area is 223 Å². The summed E-state index contributed by atoms with van der Waals surface area (Å²) in [6.07, 6.45) is 3.95. The first-order valence-electron chi connectivity index (χ1n) is 12.2. The maximum atomic E-state index is 14.2. The highest BCUT2D eigenvalue weighted by atomic mass is 79.9. The SMILES string of the molecule is COc1ccc(C(=O)[C@@H]2[C@@H]3C(=O)N(c4ccc(C)cc4C)C(=O)[C@H]3[C@H]3C=Cc4ccccc4N32)cc1Br. The summed E-state index contributed by atoms with van der Waals surface area (Å²) in [6.45, 7) is 3.88. The predicted octanol–water partition coefficient (Wildman–Crippen LogP) is 5.35. The second-order valence-corrected chi connectivity index (χ2v) is 10.7. The number of rotatable bonds is 4. The van der Waals surface area contributed by atoms with Crippen LogP contribution >= 0.6 is 15.9 Å². The van der Waals surface area contributed by atoms with E-state index in [0.29, 0.717) is 21.5 Å². The van der Waals surface area contributed by atoms with Crippen molar-refractivity contribution in [2.75, 3.05) is 16.9 Å². The Balaban J connectivity index is 1.49. The van der Waals surface area contributed by atoms with E-state index in [1.807, 2.05) is 73.4 Å². The number of para-hydroxylation sites is 1. The van der Waals surface area contributed by atoms with Gasteiger partial charge in [0.25, 0.3) is 0 Å². The van der Waals surface area contributed by atoms with Gasteiger partial charge in [0.15, 0.2) is 5.78 Å². The number of Topliss-reactive ketones (excluding diaryl/α,β-unsaturated/α-hetero) is 1. The highest BCUT2D eigenvalue weighted by Gasteiger charge is 2.64. The Morgan fingerprint density at radius 1 is 0.919 bits per heavy atom. The fourth-order valence-electron chi connectivity index (χ4n) is 6.10. The summed E-state index contributed by atoms with van der Waals surface area (Å²) in [5, 5.41) is 0. The lowest BCUT2D eigenvalue weighted by molar-refractivity contribution is -0.122. The van der Waals surface area contributed by atoms with E-state index >= 15 is 0 Å². The molecule has 186 valence electrons. The number of fused-ring (bicyclic) bond motifs is 5. The summed E-state index contributed by atoms with van der Waals surface area (Å²) in [6, 6.07) is 17.4. The summed E-state index contributed by atoms with van der Waals surface area (Å²) in [7, 11) is 1.56. The molecule has 3 aliphatic rings. The Morgan fingerprint density at radius 2 is 1.68 bits per heavy atom. The average Bonchev–Trinajstić information content (AvgIpc) is 3.36. The number of imide groups is 1. The minimum atomic E-state index is -0.825. The molecule has 2 fully saturated rings. The molecule has 6 rings (SSSR count). The lowest BCUT2D eigenvalue weighted by Gasteiger charge is -2.36. The van der Waals surface area contributed by atoms with Crippen LogP contribution in [0.4, 0.5) is 11.4 Å². The van der Waals surface area contributed by atoms with Crippen LogP contribution in [0.1, 0.15) is 27.0 Å². The van der Waals surface area contributed by atoms with Crippen LogP contribution in [-0.2, 0) is 9.59 Å². The van der Waals surface area contributed by atoms with Gasteiger partial charge in [0.2, 0.25) is 11.8 Å². The van der Waals surface area contributed by atoms with Crippen molar-refractivity contribution in [3.8, 4) is 5.75 Å². The molecule has 0 spiro atoms. The summed E-state index contributed by atoms with van der Waals surface area (Å²) >= 11 is 3.48. The zero-order valence-corrected chi connectivity index (χ0v) is 22.2. The van der Waals surface area contributed by atoms with Crippen LogP contribution in [0.15, 0.2) is 71.2 Å². The molecule has 0 bridgehead atoms. The van der Waals surface area contributed by atoms with Crippen LogP contribution in [0, 0.1) is 25.7 Å². The Hall–Kier alpha value is -3.71. The maximum absolute atomic E-state index is 14.2. The smallest absolute Gasteiger partial charge is 0.240 e. The van der Waals surface area contributed by atoms with Gasteiger partial charge in [-0.15, -0.1) is 0 Å². The number of hydrogen-bond acceptors (Lipinski definition) is 5. The topological polar surface area (TPSA) is 66.9 Å². The molecule has 7 heteroatoms. The molecule has 0 saturated carbocycles. The number of amides is 2. The van der Waals surface area contributed by atoms with Gasteiger partial charge in [0, 0.05) is 11.3 Å². The number of ether oxygens (including phenoxy) is 1. The third-order valence-corrected chi connectivity index (χ3v) is 8.33. The van der Waals surface area contributed by atoms with E-state index in [9.17, 15) is 14.4 Å². The molecule has 3 aromatic rings. The van der Waals surface area contributed by atoms with Crippen LogP contribution in [0.2, 0.25) is 0 Å². The molecule has 2 saturated heterocycles. The van der Waals surface area contributed by atoms with Crippen LogP contribution in [0.3, 0.4) is 0 Å². The zero-order valence-electron chi connectivity index (χ0n) is 20.6. The number of benzene rings is 3. The molecule has 3 heterocycles. The molecular weight excluding hydrogens is 532 g/mol. The molecule has 4 atom stereocenters. The first-order chi connectivity index (χ1) is 17.8. The van der Waals surface area contributed by atoms with E-state index in [4.69, 9.17) is 4.74 Å². The first-order valence-corrected chi connectivity index (χ1v) is 13.0. The number of hydrogen-bond donors (Lipinski definition) is 0. The summed E-state index contributed by atoms with van der Waals surface area (Å²) in [5.41, 5.74) is 4.75. The Morgan fingerprint density at radius 3 is 2.41 bits per heavy atom. The number of nitrogens with zero attached hydrogens (tertiary/aromatic N) is 2. The van der Waals surface area contributed by atoms with E-state index in [1.165, 1.54) is 4.90 Å². The van der Waals surface area contributed by atoms with Crippen LogP contribution in [-0.4, -0.2) is 36.8 Å². The van der Waals surface area contributed by atoms with Gasteiger partial charge < -0.3 is 9.64 Å². The van der Waals surface area contributed by atoms with E-state index in [2.05, 4.69) is 15.9 Å². The van der Waals surface area contributed by atoms with Gasteiger partial charge in [0.05, 0.1) is 35.1 Å². The summed E-state index contributed by atoms with van der Waals surface area (Å²) in [5.74, 6) is -1.64. The molecule has 0 unspecified atom stereocenters. The second kappa shape index (κ2) is 8.70. The van der Waals surface area contributed by atoms with E-state index in [0.717, 1.165) is 22.4 Å². The van der Waals surface area contributed by atoms with Crippen molar-refractivity contribution in [1.82, 2.24) is 0 Å². The van der Waals surface area contributed by atoms with Gasteiger partial charge in [-0.1, -0.05) is 48.0 Å². The van der Waals surface area contributed by atoms with Gasteiger partial charge in [0.1, 0.15) is 11.8 Å². The number of halogens is 1. The fourth-order valence-corrected chi connectivity index (χ4v) is 6.64. The van der Waals surface area contributed by atoms with Crippen molar-refractivity contribution in [3.63, 3.8) is 0 Å². The average molecular weight is 557 g/mol. The monoisotopic (exact) mass is 556 g/mol. The highest BCUT2D eigenvalue weighted by molar-refractivity contribution is 9.10. The van der Waals surface area contributed by atoms with E-state index < -0.39 is 23.9 Å². The number of methoxy groups -OCH3 is 1. The van der Waals surface area contributed by atoms with Crippen molar-refractivity contribution in [2.24, 2.45) is 11.8 Å². The largest absolute Gasteiger partial charge is 0.496 e. The molecule has 6 nitrogen and oxygen atoms in total. The Bertz CT molecular complexity index is 1510. The number of ketones is 1. The lowest BCUT2D eigenvalue weighted by atomic mass is 9.86. The molecule has 0 N–H and O–H groups in total. The Kier molecular flexibility index (Phi) is 5.57. The first kappa shape index (κ1) is 23.7. The summed E-state index contributed by atoms with van der Waals surface area (Å²) in [4.78, 5) is 45.5. The van der Waals surface area contributed by atoms with Crippen molar-refractivity contribution in [3.05, 3.63) is 93.5 Å². The molecular formula is C30H25BrN2O4. The summed E-state index contributed by atoms with van der Waals surface area (Å²) < 4.78 is 5.99. The minimum absolute atomic E-state index is 0.199. The molecule has 2 amide bonds. The molecule has 3 aromatic carbocycles. The van der Waals surface area contributed by atoms with Crippen molar-refractivity contribution >= 4 is 51.0 Å². The van der Waals surface area contributed by atoms with Crippen molar-refractivity contribution < 1.29 is 19.1 Å². The number of carbonyl (C=O) groups excluding carboxylic acids is 3. The lowest BCUT2D eigenvalue weighted by Crippen LogP contribution is -2.49. The third-order valence-electron chi connectivity index (χ3n) is 7.71. The van der Waals surface area contributed by atoms with Gasteiger partial charge in [-0.3, -0.25) is 14.4 Å². The quantitative estimate of drug-likeness (QED) is 0.320. The number of aryl methyl sites for hydroxylation is 2. The van der Waals surface area contributed by atoms with E-state index in [1.54, 1.807) is 25.3 Å². The predicted molar refractivity (Wildman–Crippen MR) is 146 cm³/mol. The normalized spacial score (nSPS) is 23.7. The van der Waals surface area contributed by atoms with E-state index in [-0.39, 0.29) is 17.6 Å².